The summed E-state index contributed by atoms with van der Waals surface area (Å²) in [4.78, 5) is 32.4. The Morgan fingerprint density at radius 3 is 2.39 bits per heavy atom. The molecular formula is C25H30ClN3O2. The molecule has 0 aliphatic carbocycles. The van der Waals surface area contributed by atoms with Gasteiger partial charge < -0.3 is 14.7 Å². The minimum absolute atomic E-state index is 0.0767. The molecule has 1 atom stereocenters. The smallest absolute Gasteiger partial charge is 0.232 e. The van der Waals surface area contributed by atoms with Crippen molar-refractivity contribution < 1.29 is 9.59 Å². The lowest BCUT2D eigenvalue weighted by Gasteiger charge is -2.41. The minimum Gasteiger partial charge on any atom is -0.368 e. The molecule has 2 heterocycles. The van der Waals surface area contributed by atoms with Gasteiger partial charge in [0.1, 0.15) is 0 Å². The fourth-order valence-electron chi connectivity index (χ4n) is 4.69. The normalized spacial score (nSPS) is 18.9. The lowest BCUT2D eigenvalue weighted by Crippen LogP contribution is -2.52. The summed E-state index contributed by atoms with van der Waals surface area (Å²) in [6, 6.07) is 14.1. The number of para-hydroxylation sites is 1. The highest BCUT2D eigenvalue weighted by atomic mass is 35.5. The van der Waals surface area contributed by atoms with E-state index in [-0.39, 0.29) is 23.7 Å². The third-order valence-corrected chi connectivity index (χ3v) is 6.63. The quantitative estimate of drug-likeness (QED) is 0.723. The number of hydrogen-bond acceptors (Lipinski definition) is 3. The molecule has 1 saturated heterocycles. The second-order valence-corrected chi connectivity index (χ2v) is 9.30. The van der Waals surface area contributed by atoms with Crippen molar-refractivity contribution in [3.05, 3.63) is 64.2 Å². The van der Waals surface area contributed by atoms with Gasteiger partial charge in [-0.2, -0.15) is 0 Å². The zero-order valence-corrected chi connectivity index (χ0v) is 19.2. The molecule has 0 aromatic heterocycles. The first kappa shape index (κ1) is 21.7. The maximum atomic E-state index is 13.6. The summed E-state index contributed by atoms with van der Waals surface area (Å²) in [7, 11) is 0. The number of aryl methyl sites for hydroxylation is 1. The van der Waals surface area contributed by atoms with E-state index in [2.05, 4.69) is 36.1 Å². The van der Waals surface area contributed by atoms with Crippen molar-refractivity contribution in [1.29, 1.82) is 0 Å². The number of rotatable bonds is 3. The van der Waals surface area contributed by atoms with E-state index in [1.165, 1.54) is 11.3 Å². The van der Waals surface area contributed by atoms with Gasteiger partial charge in [0.2, 0.25) is 11.8 Å². The van der Waals surface area contributed by atoms with Crippen LogP contribution in [0.5, 0.6) is 0 Å². The van der Waals surface area contributed by atoms with E-state index in [4.69, 9.17) is 11.6 Å². The van der Waals surface area contributed by atoms with Crippen LogP contribution < -0.4 is 4.90 Å². The molecule has 5 nitrogen and oxygen atoms in total. The minimum atomic E-state index is -0.339. The number of nitrogens with zero attached hydrogens (tertiary/aromatic N) is 3. The summed E-state index contributed by atoms with van der Waals surface area (Å²) < 4.78 is 0. The summed E-state index contributed by atoms with van der Waals surface area (Å²) in [5.74, 6) is -0.259. The van der Waals surface area contributed by atoms with Crippen molar-refractivity contribution in [3.8, 4) is 0 Å². The predicted molar refractivity (Wildman–Crippen MR) is 124 cm³/mol. The van der Waals surface area contributed by atoms with Crippen molar-refractivity contribution in [2.45, 2.75) is 33.2 Å². The number of carbonyl (C=O) groups excluding carboxylic acids is 2. The molecule has 6 heteroatoms. The molecule has 0 N–H and O–H groups in total. The maximum Gasteiger partial charge on any atom is 0.232 e. The number of carbonyl (C=O) groups is 2. The van der Waals surface area contributed by atoms with Crippen molar-refractivity contribution in [1.82, 2.24) is 9.80 Å². The van der Waals surface area contributed by atoms with Gasteiger partial charge in [0, 0.05) is 55.9 Å². The van der Waals surface area contributed by atoms with Gasteiger partial charge in [0.05, 0.1) is 5.92 Å². The van der Waals surface area contributed by atoms with E-state index in [0.717, 1.165) is 24.2 Å². The Morgan fingerprint density at radius 2 is 1.71 bits per heavy atom. The number of fused-ring (bicyclic) bond motifs is 1. The molecule has 4 rings (SSSR count). The Morgan fingerprint density at radius 1 is 1.00 bits per heavy atom. The largest absolute Gasteiger partial charge is 0.368 e. The summed E-state index contributed by atoms with van der Waals surface area (Å²) >= 11 is 6.23. The van der Waals surface area contributed by atoms with Crippen LogP contribution in [0.4, 0.5) is 5.69 Å². The van der Waals surface area contributed by atoms with E-state index in [9.17, 15) is 9.59 Å². The van der Waals surface area contributed by atoms with E-state index < -0.39 is 0 Å². The standard InChI is InChI=1S/C25H30ClN3O2/c1-17(2)24(30)29-15-19-14-20(26)8-9-21(19)22(16-29)25(31)28-12-10-27(11-13-28)23-7-5-4-6-18(23)3/h4-9,14,17,22H,10-13,15-16H2,1-3H3. The molecule has 2 aliphatic rings. The summed E-state index contributed by atoms with van der Waals surface area (Å²) in [5, 5.41) is 0.635. The number of halogens is 1. The molecule has 0 radical (unpaired) electrons. The zero-order chi connectivity index (χ0) is 22.1. The SMILES string of the molecule is Cc1ccccc1N1CCN(C(=O)C2CN(C(=O)C(C)C)Cc3cc(Cl)ccc32)CC1. The first-order valence-electron chi connectivity index (χ1n) is 11.0. The molecule has 1 fully saturated rings. The van der Waals surface area contributed by atoms with Crippen LogP contribution in [0.2, 0.25) is 5.02 Å². The van der Waals surface area contributed by atoms with Gasteiger partial charge >= 0.3 is 0 Å². The van der Waals surface area contributed by atoms with Crippen LogP contribution in [0.15, 0.2) is 42.5 Å². The van der Waals surface area contributed by atoms with E-state index >= 15 is 0 Å². The van der Waals surface area contributed by atoms with Gasteiger partial charge in [-0.3, -0.25) is 9.59 Å². The molecule has 0 spiro atoms. The van der Waals surface area contributed by atoms with Crippen LogP contribution in [0.25, 0.3) is 0 Å². The fourth-order valence-corrected chi connectivity index (χ4v) is 4.89. The topological polar surface area (TPSA) is 43.9 Å². The molecule has 2 aromatic rings. The molecule has 0 saturated carbocycles. The Bertz CT molecular complexity index is 982. The lowest BCUT2D eigenvalue weighted by atomic mass is 9.88. The average molecular weight is 440 g/mol. The number of anilines is 1. The highest BCUT2D eigenvalue weighted by Gasteiger charge is 2.36. The number of amides is 2. The van der Waals surface area contributed by atoms with E-state index in [1.807, 2.05) is 41.8 Å². The Balaban J connectivity index is 1.52. The van der Waals surface area contributed by atoms with Crippen molar-refractivity contribution in [3.63, 3.8) is 0 Å². The number of hydrogen-bond donors (Lipinski definition) is 0. The third-order valence-electron chi connectivity index (χ3n) is 6.40. The van der Waals surface area contributed by atoms with Gasteiger partial charge in [-0.05, 0) is 41.8 Å². The molecule has 2 aliphatic heterocycles. The molecule has 1 unspecified atom stereocenters. The Hall–Kier alpha value is -2.53. The van der Waals surface area contributed by atoms with Crippen LogP contribution in [-0.2, 0) is 16.1 Å². The molecular weight excluding hydrogens is 410 g/mol. The number of benzene rings is 2. The summed E-state index contributed by atoms with van der Waals surface area (Å²) in [6.07, 6.45) is 0. The average Bonchev–Trinajstić information content (AvgIpc) is 2.77. The van der Waals surface area contributed by atoms with Gasteiger partial charge in [-0.1, -0.05) is 49.7 Å². The van der Waals surface area contributed by atoms with Crippen molar-refractivity contribution in [2.24, 2.45) is 5.92 Å². The Labute approximate surface area is 189 Å². The summed E-state index contributed by atoms with van der Waals surface area (Å²) in [6.45, 7) is 9.86. The van der Waals surface area contributed by atoms with Gasteiger partial charge in [-0.25, -0.2) is 0 Å². The maximum absolute atomic E-state index is 13.6. The van der Waals surface area contributed by atoms with Crippen LogP contribution in [0.3, 0.4) is 0 Å². The highest BCUT2D eigenvalue weighted by Crippen LogP contribution is 2.33. The molecule has 0 bridgehead atoms. The zero-order valence-electron chi connectivity index (χ0n) is 18.5. The highest BCUT2D eigenvalue weighted by molar-refractivity contribution is 6.30. The van der Waals surface area contributed by atoms with Crippen LogP contribution >= 0.6 is 11.6 Å². The van der Waals surface area contributed by atoms with Crippen LogP contribution in [0, 0.1) is 12.8 Å². The molecule has 31 heavy (non-hydrogen) atoms. The van der Waals surface area contributed by atoms with Crippen molar-refractivity contribution >= 4 is 29.1 Å². The first-order chi connectivity index (χ1) is 14.8. The van der Waals surface area contributed by atoms with Gasteiger partial charge in [-0.15, -0.1) is 0 Å². The molecule has 2 aromatic carbocycles. The van der Waals surface area contributed by atoms with E-state index in [0.29, 0.717) is 31.2 Å². The van der Waals surface area contributed by atoms with E-state index in [1.54, 1.807) is 0 Å². The molecule has 2 amide bonds. The molecule has 164 valence electrons. The monoisotopic (exact) mass is 439 g/mol. The second-order valence-electron chi connectivity index (χ2n) is 8.87. The third kappa shape index (κ3) is 4.42. The Kier molecular flexibility index (Phi) is 6.24. The van der Waals surface area contributed by atoms with Gasteiger partial charge in [0.15, 0.2) is 0 Å². The van der Waals surface area contributed by atoms with Crippen molar-refractivity contribution in [2.75, 3.05) is 37.6 Å². The summed E-state index contributed by atoms with van der Waals surface area (Å²) in [5.41, 5.74) is 4.47. The number of piperazine rings is 1. The van der Waals surface area contributed by atoms with Crippen LogP contribution in [-0.4, -0.2) is 54.3 Å². The second kappa shape index (κ2) is 8.91. The van der Waals surface area contributed by atoms with Crippen LogP contribution in [0.1, 0.15) is 36.5 Å². The fraction of sp³-hybridized carbons (Fsp3) is 0.440. The lowest BCUT2D eigenvalue weighted by molar-refractivity contribution is -0.139. The first-order valence-corrected chi connectivity index (χ1v) is 11.4. The predicted octanol–water partition coefficient (Wildman–Crippen LogP) is 4.08. The van der Waals surface area contributed by atoms with Gasteiger partial charge in [0.25, 0.3) is 0 Å².